The predicted molar refractivity (Wildman–Crippen MR) is 98.9 cm³/mol. The highest BCUT2D eigenvalue weighted by molar-refractivity contribution is 5.88. The zero-order valence-electron chi connectivity index (χ0n) is 15.7. The molecule has 1 saturated carbocycles. The van der Waals surface area contributed by atoms with Gasteiger partial charge >= 0.3 is 5.97 Å². The summed E-state index contributed by atoms with van der Waals surface area (Å²) in [5, 5.41) is 9.12. The van der Waals surface area contributed by atoms with Crippen molar-refractivity contribution in [2.45, 2.75) is 57.1 Å². The number of hydrogen-bond donors (Lipinski definition) is 0. The van der Waals surface area contributed by atoms with Gasteiger partial charge in [-0.05, 0) is 43.9 Å². The minimum absolute atomic E-state index is 0.121. The van der Waals surface area contributed by atoms with Crippen LogP contribution in [-0.2, 0) is 14.3 Å². The fourth-order valence-electron chi connectivity index (χ4n) is 4.15. The molecule has 3 rings (SSSR count). The summed E-state index contributed by atoms with van der Waals surface area (Å²) in [4.78, 5) is 27.1. The lowest BCUT2D eigenvalue weighted by Crippen LogP contribution is -2.50. The van der Waals surface area contributed by atoms with E-state index in [1.54, 1.807) is 29.2 Å². The molecular formula is C21H26N2O4. The average molecular weight is 370 g/mol. The third kappa shape index (κ3) is 4.41. The van der Waals surface area contributed by atoms with E-state index in [-0.39, 0.29) is 17.8 Å². The Balaban J connectivity index is 1.83. The van der Waals surface area contributed by atoms with Gasteiger partial charge in [-0.3, -0.25) is 4.79 Å². The van der Waals surface area contributed by atoms with Gasteiger partial charge in [0.15, 0.2) is 6.10 Å². The summed E-state index contributed by atoms with van der Waals surface area (Å²) < 4.78 is 11.0. The molecule has 0 radical (unpaired) electrons. The maximum Gasteiger partial charge on any atom is 0.328 e. The van der Waals surface area contributed by atoms with Gasteiger partial charge in [-0.2, -0.15) is 5.26 Å². The number of hydrogen-bond acceptors (Lipinski definition) is 5. The molecule has 1 aromatic carbocycles. The van der Waals surface area contributed by atoms with Crippen LogP contribution >= 0.6 is 0 Å². The van der Waals surface area contributed by atoms with Crippen LogP contribution in [0.4, 0.5) is 0 Å². The third-order valence-corrected chi connectivity index (χ3v) is 5.56. The van der Waals surface area contributed by atoms with E-state index in [2.05, 4.69) is 6.07 Å². The van der Waals surface area contributed by atoms with Crippen molar-refractivity contribution in [2.24, 2.45) is 5.92 Å². The molecule has 6 nitrogen and oxygen atoms in total. The van der Waals surface area contributed by atoms with E-state index in [0.717, 1.165) is 32.1 Å². The number of esters is 1. The number of likely N-dealkylation sites (tertiary alicyclic amines) is 1. The fraction of sp³-hybridized carbons (Fsp3) is 0.571. The lowest BCUT2D eigenvalue weighted by molar-refractivity contribution is -0.155. The Morgan fingerprint density at radius 3 is 2.67 bits per heavy atom. The standard InChI is InChI=1S/C21H26N2O4/c1-26-21(25)18-11-6-12-23(18)20(24)19(16-8-3-2-4-9-16)27-17-10-5-7-15(13-17)14-22/h5,7,10,13,16,18-19H,2-4,6,8-9,11-12H2,1H3. The molecule has 1 heterocycles. The van der Waals surface area contributed by atoms with Crippen LogP contribution in [0.25, 0.3) is 0 Å². The first-order valence-corrected chi connectivity index (χ1v) is 9.69. The van der Waals surface area contributed by atoms with Gasteiger partial charge in [0.25, 0.3) is 5.91 Å². The van der Waals surface area contributed by atoms with E-state index in [1.165, 1.54) is 13.5 Å². The summed E-state index contributed by atoms with van der Waals surface area (Å²) in [5.74, 6) is 0.134. The average Bonchev–Trinajstić information content (AvgIpc) is 3.21. The topological polar surface area (TPSA) is 79.6 Å². The van der Waals surface area contributed by atoms with Crippen molar-refractivity contribution in [3.63, 3.8) is 0 Å². The summed E-state index contributed by atoms with van der Waals surface area (Å²) in [6, 6.07) is 8.46. The third-order valence-electron chi connectivity index (χ3n) is 5.56. The fourth-order valence-corrected chi connectivity index (χ4v) is 4.15. The molecule has 6 heteroatoms. The summed E-state index contributed by atoms with van der Waals surface area (Å²) in [5.41, 5.74) is 0.496. The molecule has 1 aromatic rings. The normalized spacial score (nSPS) is 21.3. The Labute approximate surface area is 160 Å². The van der Waals surface area contributed by atoms with Crippen LogP contribution in [0.3, 0.4) is 0 Å². The van der Waals surface area contributed by atoms with Crippen molar-refractivity contribution in [1.82, 2.24) is 4.90 Å². The first-order chi connectivity index (χ1) is 13.1. The van der Waals surface area contributed by atoms with Crippen LogP contribution in [0.5, 0.6) is 5.75 Å². The van der Waals surface area contributed by atoms with Gasteiger partial charge in [0.1, 0.15) is 11.8 Å². The van der Waals surface area contributed by atoms with Crippen LogP contribution in [0.2, 0.25) is 0 Å². The van der Waals surface area contributed by atoms with E-state index in [1.807, 2.05) is 0 Å². The molecular weight excluding hydrogens is 344 g/mol. The van der Waals surface area contributed by atoms with Crippen molar-refractivity contribution in [1.29, 1.82) is 5.26 Å². The van der Waals surface area contributed by atoms with Gasteiger partial charge in [-0.15, -0.1) is 0 Å². The number of carbonyl (C=O) groups excluding carboxylic acids is 2. The van der Waals surface area contributed by atoms with Gasteiger partial charge in [-0.25, -0.2) is 4.79 Å². The van der Waals surface area contributed by atoms with Gasteiger partial charge in [-0.1, -0.05) is 25.3 Å². The molecule has 1 aliphatic carbocycles. The highest BCUT2D eigenvalue weighted by atomic mass is 16.5. The Hall–Kier alpha value is -2.55. The number of ether oxygens (including phenoxy) is 2. The molecule has 0 N–H and O–H groups in total. The lowest BCUT2D eigenvalue weighted by Gasteiger charge is -2.34. The molecule has 2 aliphatic rings. The lowest BCUT2D eigenvalue weighted by atomic mass is 9.84. The molecule has 1 aliphatic heterocycles. The quantitative estimate of drug-likeness (QED) is 0.744. The molecule has 0 spiro atoms. The smallest absolute Gasteiger partial charge is 0.328 e. The molecule has 0 aromatic heterocycles. The van der Waals surface area contributed by atoms with Gasteiger partial charge in [0.2, 0.25) is 0 Å². The number of benzene rings is 1. The van der Waals surface area contributed by atoms with E-state index in [0.29, 0.717) is 24.3 Å². The van der Waals surface area contributed by atoms with Crippen LogP contribution < -0.4 is 4.74 Å². The Morgan fingerprint density at radius 2 is 1.96 bits per heavy atom. The van der Waals surface area contributed by atoms with Crippen LogP contribution in [0.1, 0.15) is 50.5 Å². The zero-order valence-corrected chi connectivity index (χ0v) is 15.7. The zero-order chi connectivity index (χ0) is 19.2. The van der Waals surface area contributed by atoms with Gasteiger partial charge in [0.05, 0.1) is 18.7 Å². The van der Waals surface area contributed by atoms with Crippen molar-refractivity contribution in [3.8, 4) is 11.8 Å². The molecule has 2 unspecified atom stereocenters. The second-order valence-electron chi connectivity index (χ2n) is 7.29. The molecule has 2 fully saturated rings. The molecule has 144 valence electrons. The van der Waals surface area contributed by atoms with Gasteiger partial charge < -0.3 is 14.4 Å². The minimum atomic E-state index is -0.635. The maximum atomic E-state index is 13.4. The number of nitrogens with zero attached hydrogens (tertiary/aromatic N) is 2. The highest BCUT2D eigenvalue weighted by Crippen LogP contribution is 2.32. The van der Waals surface area contributed by atoms with E-state index < -0.39 is 12.1 Å². The number of amides is 1. The van der Waals surface area contributed by atoms with E-state index >= 15 is 0 Å². The summed E-state index contributed by atoms with van der Waals surface area (Å²) in [6.07, 6.45) is 5.98. The predicted octanol–water partition coefficient (Wildman–Crippen LogP) is 3.05. The SMILES string of the molecule is COC(=O)C1CCCN1C(=O)C(Oc1cccc(C#N)c1)C1CCCCC1. The van der Waals surface area contributed by atoms with E-state index in [4.69, 9.17) is 14.7 Å². The largest absolute Gasteiger partial charge is 0.480 e. The molecule has 27 heavy (non-hydrogen) atoms. The summed E-state index contributed by atoms with van der Waals surface area (Å²) in [7, 11) is 1.35. The number of methoxy groups -OCH3 is 1. The molecule has 1 amide bonds. The molecule has 0 bridgehead atoms. The van der Waals surface area contributed by atoms with Crippen LogP contribution in [0, 0.1) is 17.2 Å². The Bertz CT molecular complexity index is 721. The Morgan fingerprint density at radius 1 is 1.19 bits per heavy atom. The minimum Gasteiger partial charge on any atom is -0.480 e. The van der Waals surface area contributed by atoms with Crippen molar-refractivity contribution < 1.29 is 19.1 Å². The monoisotopic (exact) mass is 370 g/mol. The number of carbonyl (C=O) groups is 2. The second kappa shape index (κ2) is 8.90. The van der Waals surface area contributed by atoms with Crippen molar-refractivity contribution in [2.75, 3.05) is 13.7 Å². The highest BCUT2D eigenvalue weighted by Gasteiger charge is 2.41. The van der Waals surface area contributed by atoms with Crippen LogP contribution in [0.15, 0.2) is 24.3 Å². The summed E-state index contributed by atoms with van der Waals surface area (Å²) >= 11 is 0. The number of nitriles is 1. The molecule has 2 atom stereocenters. The Kier molecular flexibility index (Phi) is 6.33. The number of rotatable bonds is 5. The second-order valence-corrected chi connectivity index (χ2v) is 7.29. The summed E-state index contributed by atoms with van der Waals surface area (Å²) in [6.45, 7) is 0.545. The van der Waals surface area contributed by atoms with E-state index in [9.17, 15) is 9.59 Å². The maximum absolute atomic E-state index is 13.4. The van der Waals surface area contributed by atoms with Crippen molar-refractivity contribution in [3.05, 3.63) is 29.8 Å². The molecule has 1 saturated heterocycles. The first-order valence-electron chi connectivity index (χ1n) is 9.69. The van der Waals surface area contributed by atoms with Crippen LogP contribution in [-0.4, -0.2) is 42.6 Å². The first kappa shape index (κ1) is 19.2. The van der Waals surface area contributed by atoms with Gasteiger partial charge in [0, 0.05) is 12.5 Å². The van der Waals surface area contributed by atoms with Crippen molar-refractivity contribution >= 4 is 11.9 Å².